The molecule has 0 aliphatic carbocycles. The maximum absolute atomic E-state index is 10.9. The highest BCUT2D eigenvalue weighted by molar-refractivity contribution is 5.46. The fraction of sp³-hybridized carbons (Fsp3) is 0.143. The molecule has 0 saturated carbocycles. The summed E-state index contributed by atoms with van der Waals surface area (Å²) in [6.07, 6.45) is 2.86. The van der Waals surface area contributed by atoms with Crippen molar-refractivity contribution in [3.8, 4) is 11.5 Å². The van der Waals surface area contributed by atoms with E-state index in [1.54, 1.807) is 17.8 Å². The van der Waals surface area contributed by atoms with Crippen LogP contribution < -0.4 is 5.69 Å². The van der Waals surface area contributed by atoms with Crippen molar-refractivity contribution in [1.29, 1.82) is 0 Å². The molecule has 2 aromatic heterocycles. The van der Waals surface area contributed by atoms with E-state index in [-0.39, 0.29) is 5.69 Å². The van der Waals surface area contributed by atoms with Gasteiger partial charge < -0.3 is 4.98 Å². The summed E-state index contributed by atoms with van der Waals surface area (Å²) < 4.78 is 1.57. The van der Waals surface area contributed by atoms with Gasteiger partial charge in [0.25, 0.3) is 0 Å². The summed E-state index contributed by atoms with van der Waals surface area (Å²) in [5.74, 6) is 0.611. The highest BCUT2D eigenvalue weighted by Crippen LogP contribution is 2.08. The maximum atomic E-state index is 10.9. The van der Waals surface area contributed by atoms with Crippen LogP contribution in [0.3, 0.4) is 0 Å². The molecule has 66 valence electrons. The molecule has 2 rings (SSSR count). The summed E-state index contributed by atoms with van der Waals surface area (Å²) in [7, 11) is 1.75. The molecule has 0 radical (unpaired) electrons. The topological polar surface area (TPSA) is 76.5 Å². The second-order valence-electron chi connectivity index (χ2n) is 2.50. The fourth-order valence-corrected chi connectivity index (χ4v) is 1.04. The van der Waals surface area contributed by atoms with Crippen molar-refractivity contribution in [1.82, 2.24) is 24.7 Å². The molecule has 0 aromatic carbocycles. The Morgan fingerprint density at radius 3 is 2.92 bits per heavy atom. The third kappa shape index (κ3) is 1.33. The number of rotatable bonds is 1. The predicted octanol–water partition coefficient (Wildman–Crippen LogP) is -0.435. The Morgan fingerprint density at radius 1 is 1.46 bits per heavy atom. The van der Waals surface area contributed by atoms with Gasteiger partial charge in [0, 0.05) is 13.2 Å². The molecule has 0 unspecified atom stereocenters. The van der Waals surface area contributed by atoms with Crippen molar-refractivity contribution in [3.05, 3.63) is 29.1 Å². The van der Waals surface area contributed by atoms with E-state index in [0.29, 0.717) is 11.5 Å². The van der Waals surface area contributed by atoms with Crippen LogP contribution in [-0.2, 0) is 7.05 Å². The van der Waals surface area contributed by atoms with Crippen molar-refractivity contribution < 1.29 is 0 Å². The number of aromatic amines is 1. The number of hydrogen-bond donors (Lipinski definition) is 1. The van der Waals surface area contributed by atoms with E-state index in [1.165, 1.54) is 12.5 Å². The van der Waals surface area contributed by atoms with E-state index in [1.807, 2.05) is 0 Å². The Labute approximate surface area is 73.3 Å². The standard InChI is InChI=1S/C7H7N5O/c1-12-6(9-4-10-12)5-2-3-8-7(13)11-5/h2-4H,1H3,(H,8,11,13). The van der Waals surface area contributed by atoms with Crippen molar-refractivity contribution in [2.45, 2.75) is 0 Å². The van der Waals surface area contributed by atoms with Gasteiger partial charge in [-0.25, -0.2) is 19.4 Å². The predicted molar refractivity (Wildman–Crippen MR) is 44.9 cm³/mol. The number of hydrogen-bond acceptors (Lipinski definition) is 4. The van der Waals surface area contributed by atoms with Crippen LogP contribution in [0.4, 0.5) is 0 Å². The average molecular weight is 177 g/mol. The van der Waals surface area contributed by atoms with Gasteiger partial charge in [0.1, 0.15) is 6.33 Å². The average Bonchev–Trinajstić information content (AvgIpc) is 2.51. The Balaban J connectivity index is 2.59. The maximum Gasteiger partial charge on any atom is 0.345 e. The molecule has 2 aromatic rings. The summed E-state index contributed by atoms with van der Waals surface area (Å²) >= 11 is 0. The third-order valence-corrected chi connectivity index (χ3v) is 1.63. The summed E-state index contributed by atoms with van der Waals surface area (Å²) in [6, 6.07) is 1.67. The summed E-state index contributed by atoms with van der Waals surface area (Å²) in [5.41, 5.74) is 0.223. The summed E-state index contributed by atoms with van der Waals surface area (Å²) in [5, 5.41) is 3.89. The minimum Gasteiger partial charge on any atom is -0.303 e. The lowest BCUT2D eigenvalue weighted by molar-refractivity contribution is 0.770. The second-order valence-corrected chi connectivity index (χ2v) is 2.50. The molecule has 0 saturated heterocycles. The van der Waals surface area contributed by atoms with Crippen LogP contribution in [0.5, 0.6) is 0 Å². The normalized spacial score (nSPS) is 10.2. The molecule has 1 N–H and O–H groups in total. The van der Waals surface area contributed by atoms with Gasteiger partial charge in [-0.05, 0) is 6.07 Å². The van der Waals surface area contributed by atoms with Crippen LogP contribution in [0.15, 0.2) is 23.4 Å². The van der Waals surface area contributed by atoms with Gasteiger partial charge in [-0.2, -0.15) is 5.10 Å². The van der Waals surface area contributed by atoms with Gasteiger partial charge >= 0.3 is 5.69 Å². The Hall–Kier alpha value is -1.98. The molecule has 2 heterocycles. The molecule has 6 heteroatoms. The molecule has 0 amide bonds. The first-order valence-electron chi connectivity index (χ1n) is 3.67. The zero-order chi connectivity index (χ0) is 9.26. The van der Waals surface area contributed by atoms with Crippen LogP contribution in [0.2, 0.25) is 0 Å². The van der Waals surface area contributed by atoms with Gasteiger partial charge in [-0.3, -0.25) is 0 Å². The Morgan fingerprint density at radius 2 is 2.31 bits per heavy atom. The molecule has 6 nitrogen and oxygen atoms in total. The number of nitrogens with one attached hydrogen (secondary N) is 1. The lowest BCUT2D eigenvalue weighted by Gasteiger charge is -1.97. The minimum absolute atomic E-state index is 0.388. The third-order valence-electron chi connectivity index (χ3n) is 1.63. The van der Waals surface area contributed by atoms with Crippen molar-refractivity contribution in [2.75, 3.05) is 0 Å². The van der Waals surface area contributed by atoms with Gasteiger partial charge in [0.05, 0.1) is 5.69 Å². The van der Waals surface area contributed by atoms with Crippen LogP contribution in [0.1, 0.15) is 0 Å². The molecular weight excluding hydrogens is 170 g/mol. The highest BCUT2D eigenvalue weighted by Gasteiger charge is 2.03. The monoisotopic (exact) mass is 177 g/mol. The quantitative estimate of drug-likeness (QED) is 0.641. The molecule has 0 fully saturated rings. The summed E-state index contributed by atoms with van der Waals surface area (Å²) in [4.78, 5) is 20.9. The van der Waals surface area contributed by atoms with Crippen LogP contribution in [0.25, 0.3) is 11.5 Å². The minimum atomic E-state index is -0.388. The Bertz CT molecular complexity index is 471. The van der Waals surface area contributed by atoms with Gasteiger partial charge in [0.15, 0.2) is 5.82 Å². The van der Waals surface area contributed by atoms with Gasteiger partial charge in [0.2, 0.25) is 0 Å². The van der Waals surface area contributed by atoms with Crippen molar-refractivity contribution in [3.63, 3.8) is 0 Å². The van der Waals surface area contributed by atoms with E-state index in [2.05, 4.69) is 20.1 Å². The second kappa shape index (κ2) is 2.81. The zero-order valence-electron chi connectivity index (χ0n) is 6.93. The van der Waals surface area contributed by atoms with E-state index in [4.69, 9.17) is 0 Å². The van der Waals surface area contributed by atoms with E-state index in [0.717, 1.165) is 0 Å². The SMILES string of the molecule is Cn1ncnc1-c1ccnc(=O)[nH]1. The first kappa shape index (κ1) is 7.66. The smallest absolute Gasteiger partial charge is 0.303 e. The molecule has 0 spiro atoms. The van der Waals surface area contributed by atoms with E-state index >= 15 is 0 Å². The molecule has 0 aliphatic rings. The van der Waals surface area contributed by atoms with Gasteiger partial charge in [-0.15, -0.1) is 0 Å². The van der Waals surface area contributed by atoms with Crippen LogP contribution in [0, 0.1) is 0 Å². The zero-order valence-corrected chi connectivity index (χ0v) is 6.93. The molecule has 0 bridgehead atoms. The lowest BCUT2D eigenvalue weighted by Crippen LogP contribution is -2.10. The number of H-pyrrole nitrogens is 1. The van der Waals surface area contributed by atoms with Gasteiger partial charge in [-0.1, -0.05) is 0 Å². The van der Waals surface area contributed by atoms with Crippen LogP contribution >= 0.6 is 0 Å². The van der Waals surface area contributed by atoms with E-state index in [9.17, 15) is 4.79 Å². The molecule has 0 atom stereocenters. The molecule has 0 aliphatic heterocycles. The summed E-state index contributed by atoms with van der Waals surface area (Å²) in [6.45, 7) is 0. The fourth-order valence-electron chi connectivity index (χ4n) is 1.04. The van der Waals surface area contributed by atoms with Crippen molar-refractivity contribution in [2.24, 2.45) is 7.05 Å². The first-order chi connectivity index (χ1) is 6.27. The number of nitrogens with zero attached hydrogens (tertiary/aromatic N) is 4. The largest absolute Gasteiger partial charge is 0.345 e. The number of aromatic nitrogens is 5. The Kier molecular flexibility index (Phi) is 1.66. The molecular formula is C7H7N5O. The molecule has 13 heavy (non-hydrogen) atoms. The van der Waals surface area contributed by atoms with Crippen LogP contribution in [-0.4, -0.2) is 24.7 Å². The van der Waals surface area contributed by atoms with Crippen molar-refractivity contribution >= 4 is 0 Å². The first-order valence-corrected chi connectivity index (χ1v) is 3.67. The van der Waals surface area contributed by atoms with E-state index < -0.39 is 0 Å². The highest BCUT2D eigenvalue weighted by atomic mass is 16.1. The number of aryl methyl sites for hydroxylation is 1. The lowest BCUT2D eigenvalue weighted by atomic mass is 10.4.